The summed E-state index contributed by atoms with van der Waals surface area (Å²) in [7, 11) is 0. The van der Waals surface area contributed by atoms with E-state index in [-0.39, 0.29) is 0 Å². The fourth-order valence-corrected chi connectivity index (χ4v) is 3.02. The maximum Gasteiger partial charge on any atom is 0.391 e. The van der Waals surface area contributed by atoms with Crippen molar-refractivity contribution in [1.82, 2.24) is 5.32 Å². The SMILES string of the molecule is C=C(C)CCC(NCC)C1CCC(C(F)(F)F)CC1. The van der Waals surface area contributed by atoms with Crippen molar-refractivity contribution in [3.8, 4) is 0 Å². The average Bonchev–Trinajstić information content (AvgIpc) is 2.33. The van der Waals surface area contributed by atoms with Gasteiger partial charge in [0, 0.05) is 6.04 Å². The van der Waals surface area contributed by atoms with E-state index in [0.717, 1.165) is 25.0 Å². The van der Waals surface area contributed by atoms with E-state index < -0.39 is 12.1 Å². The Balaban J connectivity index is 2.47. The van der Waals surface area contributed by atoms with Crippen LogP contribution < -0.4 is 5.32 Å². The van der Waals surface area contributed by atoms with Crippen LogP contribution in [0.1, 0.15) is 52.4 Å². The highest BCUT2D eigenvalue weighted by Gasteiger charge is 2.42. The number of rotatable bonds is 6. The average molecular weight is 277 g/mol. The Hall–Kier alpha value is -0.510. The van der Waals surface area contributed by atoms with Crippen molar-refractivity contribution in [3.63, 3.8) is 0 Å². The molecule has 1 aliphatic rings. The zero-order chi connectivity index (χ0) is 14.5. The van der Waals surface area contributed by atoms with E-state index in [9.17, 15) is 13.2 Å². The molecule has 19 heavy (non-hydrogen) atoms. The summed E-state index contributed by atoms with van der Waals surface area (Å²) in [5.74, 6) is -0.690. The standard InChI is InChI=1S/C15H26F3N/c1-4-19-14(10-5-11(2)3)12-6-8-13(9-7-12)15(16,17)18/h12-14,19H,2,4-10H2,1,3H3. The quantitative estimate of drug-likeness (QED) is 0.694. The first kappa shape index (κ1) is 16.5. The molecule has 1 N–H and O–H groups in total. The van der Waals surface area contributed by atoms with Crippen molar-refractivity contribution in [2.75, 3.05) is 6.54 Å². The molecule has 0 heterocycles. The molecule has 0 spiro atoms. The van der Waals surface area contributed by atoms with Crippen LogP contribution in [-0.4, -0.2) is 18.8 Å². The lowest BCUT2D eigenvalue weighted by molar-refractivity contribution is -0.184. The molecule has 0 aromatic carbocycles. The van der Waals surface area contributed by atoms with E-state index in [1.165, 1.54) is 0 Å². The van der Waals surface area contributed by atoms with Crippen LogP contribution in [-0.2, 0) is 0 Å². The molecule has 1 unspecified atom stereocenters. The lowest BCUT2D eigenvalue weighted by Gasteiger charge is -2.35. The van der Waals surface area contributed by atoms with Crippen molar-refractivity contribution in [3.05, 3.63) is 12.2 Å². The van der Waals surface area contributed by atoms with Crippen LogP contribution in [0.25, 0.3) is 0 Å². The van der Waals surface area contributed by atoms with E-state index in [0.29, 0.717) is 37.6 Å². The molecule has 0 radical (unpaired) electrons. The molecule has 1 fully saturated rings. The van der Waals surface area contributed by atoms with Crippen molar-refractivity contribution < 1.29 is 13.2 Å². The van der Waals surface area contributed by atoms with E-state index in [1.807, 2.05) is 6.92 Å². The van der Waals surface area contributed by atoms with E-state index in [2.05, 4.69) is 18.8 Å². The van der Waals surface area contributed by atoms with Crippen molar-refractivity contribution in [1.29, 1.82) is 0 Å². The first-order chi connectivity index (χ1) is 8.84. The molecule has 0 bridgehead atoms. The minimum Gasteiger partial charge on any atom is -0.314 e. The second-order valence-electron chi connectivity index (χ2n) is 5.81. The number of allylic oxidation sites excluding steroid dienone is 1. The number of hydrogen-bond acceptors (Lipinski definition) is 1. The summed E-state index contributed by atoms with van der Waals surface area (Å²) in [6.07, 6.45) is -0.0833. The number of nitrogens with one attached hydrogen (secondary N) is 1. The summed E-state index contributed by atoms with van der Waals surface area (Å²) >= 11 is 0. The molecule has 4 heteroatoms. The Labute approximate surface area is 114 Å². The van der Waals surface area contributed by atoms with E-state index in [1.54, 1.807) is 0 Å². The molecule has 0 aromatic heterocycles. The van der Waals surface area contributed by atoms with Gasteiger partial charge in [0.25, 0.3) is 0 Å². The molecule has 1 atom stereocenters. The molecule has 0 aromatic rings. The van der Waals surface area contributed by atoms with E-state index in [4.69, 9.17) is 0 Å². The lowest BCUT2D eigenvalue weighted by Crippen LogP contribution is -2.39. The fourth-order valence-electron chi connectivity index (χ4n) is 3.02. The van der Waals surface area contributed by atoms with Gasteiger partial charge in [-0.05, 0) is 57.9 Å². The molecule has 0 aliphatic heterocycles. The van der Waals surface area contributed by atoms with Crippen LogP contribution >= 0.6 is 0 Å². The molecular weight excluding hydrogens is 251 g/mol. The van der Waals surface area contributed by atoms with Crippen molar-refractivity contribution in [2.24, 2.45) is 11.8 Å². The van der Waals surface area contributed by atoms with Gasteiger partial charge in [0.05, 0.1) is 5.92 Å². The summed E-state index contributed by atoms with van der Waals surface area (Å²) in [6, 6.07) is 0.343. The predicted molar refractivity (Wildman–Crippen MR) is 73.0 cm³/mol. The molecule has 1 nitrogen and oxygen atoms in total. The van der Waals surface area contributed by atoms with Crippen molar-refractivity contribution in [2.45, 2.75) is 64.6 Å². The highest BCUT2D eigenvalue weighted by molar-refractivity contribution is 4.91. The Morgan fingerprint density at radius 2 is 1.84 bits per heavy atom. The second-order valence-corrected chi connectivity index (χ2v) is 5.81. The molecule has 0 amide bonds. The van der Waals surface area contributed by atoms with Gasteiger partial charge in [-0.1, -0.05) is 12.5 Å². The smallest absolute Gasteiger partial charge is 0.314 e. The summed E-state index contributed by atoms with van der Waals surface area (Å²) in [4.78, 5) is 0. The van der Waals surface area contributed by atoms with Gasteiger partial charge < -0.3 is 5.32 Å². The van der Waals surface area contributed by atoms with Gasteiger partial charge in [0.1, 0.15) is 0 Å². The summed E-state index contributed by atoms with van der Waals surface area (Å²) in [5, 5.41) is 3.44. The molecule has 0 saturated heterocycles. The van der Waals surface area contributed by atoms with Gasteiger partial charge in [0.15, 0.2) is 0 Å². The molecule has 1 saturated carbocycles. The third-order valence-corrected chi connectivity index (χ3v) is 4.15. The Kier molecular flexibility index (Phi) is 6.37. The van der Waals surface area contributed by atoms with Crippen molar-refractivity contribution >= 4 is 0 Å². The van der Waals surface area contributed by atoms with Gasteiger partial charge in [-0.25, -0.2) is 0 Å². The zero-order valence-corrected chi connectivity index (χ0v) is 12.0. The van der Waals surface area contributed by atoms with E-state index >= 15 is 0 Å². The highest BCUT2D eigenvalue weighted by atomic mass is 19.4. The minimum absolute atomic E-state index is 0.295. The third-order valence-electron chi connectivity index (χ3n) is 4.15. The maximum atomic E-state index is 12.6. The summed E-state index contributed by atoms with van der Waals surface area (Å²) < 4.78 is 37.9. The van der Waals surface area contributed by atoms with Gasteiger partial charge in [-0.15, -0.1) is 6.58 Å². The van der Waals surface area contributed by atoms with Gasteiger partial charge in [-0.2, -0.15) is 13.2 Å². The predicted octanol–water partition coefficient (Wildman–Crippen LogP) is 4.69. The van der Waals surface area contributed by atoms with Crippen LogP contribution in [0.3, 0.4) is 0 Å². The Bertz CT molecular complexity index is 278. The lowest BCUT2D eigenvalue weighted by atomic mass is 9.77. The van der Waals surface area contributed by atoms with Crippen LogP contribution in [0.15, 0.2) is 12.2 Å². The topological polar surface area (TPSA) is 12.0 Å². The minimum atomic E-state index is -4.00. The Morgan fingerprint density at radius 3 is 2.26 bits per heavy atom. The highest BCUT2D eigenvalue weighted by Crippen LogP contribution is 2.40. The molecule has 112 valence electrons. The van der Waals surface area contributed by atoms with Crippen LogP contribution in [0, 0.1) is 11.8 Å². The molecular formula is C15H26F3N. The second kappa shape index (κ2) is 7.32. The third kappa shape index (κ3) is 5.55. The first-order valence-electron chi connectivity index (χ1n) is 7.29. The molecule has 1 aliphatic carbocycles. The Morgan fingerprint density at radius 1 is 1.26 bits per heavy atom. The van der Waals surface area contributed by atoms with Gasteiger partial charge in [0.2, 0.25) is 0 Å². The monoisotopic (exact) mass is 277 g/mol. The zero-order valence-electron chi connectivity index (χ0n) is 12.0. The van der Waals surface area contributed by atoms with Crippen LogP contribution in [0.5, 0.6) is 0 Å². The number of alkyl halides is 3. The normalized spacial score (nSPS) is 26.2. The van der Waals surface area contributed by atoms with Crippen LogP contribution in [0.2, 0.25) is 0 Å². The van der Waals surface area contributed by atoms with Gasteiger partial charge >= 0.3 is 6.18 Å². The largest absolute Gasteiger partial charge is 0.391 e. The summed E-state index contributed by atoms with van der Waals surface area (Å²) in [6.45, 7) is 8.83. The number of hydrogen-bond donors (Lipinski definition) is 1. The maximum absolute atomic E-state index is 12.6. The van der Waals surface area contributed by atoms with Crippen LogP contribution in [0.4, 0.5) is 13.2 Å². The number of halogens is 3. The van der Waals surface area contributed by atoms with Gasteiger partial charge in [-0.3, -0.25) is 0 Å². The summed E-state index contributed by atoms with van der Waals surface area (Å²) in [5.41, 5.74) is 1.15. The first-order valence-corrected chi connectivity index (χ1v) is 7.29. The fraction of sp³-hybridized carbons (Fsp3) is 0.867. The molecule has 1 rings (SSSR count).